The van der Waals surface area contributed by atoms with E-state index in [1.54, 1.807) is 0 Å². The van der Waals surface area contributed by atoms with Crippen molar-refractivity contribution in [2.24, 2.45) is 5.41 Å². The first-order chi connectivity index (χ1) is 9.36. The number of aliphatic hydroxyl groups excluding tert-OH is 1. The molecule has 0 atom stereocenters. The molecule has 6 heteroatoms. The first-order valence-electron chi connectivity index (χ1n) is 6.80. The number of nitrogens with one attached hydrogen (secondary N) is 1. The Morgan fingerprint density at radius 1 is 1.19 bits per heavy atom. The van der Waals surface area contributed by atoms with Crippen molar-refractivity contribution in [3.8, 4) is 0 Å². The monoisotopic (exact) mass is 333 g/mol. The SMILES string of the molecule is CC(C)(C)CC(C)(C)NS(=O)(=O)c1ccc(Cl)c(CO)c1. The lowest BCUT2D eigenvalue weighted by atomic mass is 9.82. The van der Waals surface area contributed by atoms with Crippen LogP contribution in [0.5, 0.6) is 0 Å². The summed E-state index contributed by atoms with van der Waals surface area (Å²) in [5, 5.41) is 9.55. The number of halogens is 1. The van der Waals surface area contributed by atoms with Crippen LogP contribution in [0.1, 0.15) is 46.6 Å². The second kappa shape index (κ2) is 6.24. The standard InChI is InChI=1S/C15H24ClNO3S/c1-14(2,3)10-15(4,5)17-21(19,20)12-6-7-13(16)11(8-12)9-18/h6-8,17-18H,9-10H2,1-5H3. The van der Waals surface area contributed by atoms with Crippen LogP contribution in [0.4, 0.5) is 0 Å². The summed E-state index contributed by atoms with van der Waals surface area (Å²) in [6, 6.07) is 4.33. The Balaban J connectivity index is 3.07. The second-order valence-corrected chi connectivity index (χ2v) is 9.23. The van der Waals surface area contributed by atoms with Gasteiger partial charge in [0.25, 0.3) is 0 Å². The molecule has 0 aliphatic heterocycles. The fourth-order valence-electron chi connectivity index (χ4n) is 2.62. The third-order valence-corrected chi connectivity index (χ3v) is 4.95. The zero-order valence-corrected chi connectivity index (χ0v) is 14.8. The van der Waals surface area contributed by atoms with Crippen molar-refractivity contribution in [1.82, 2.24) is 4.72 Å². The minimum atomic E-state index is -3.66. The Kier molecular flexibility index (Phi) is 5.48. The number of aliphatic hydroxyl groups is 1. The number of hydrogen-bond acceptors (Lipinski definition) is 3. The number of sulfonamides is 1. The van der Waals surface area contributed by atoms with Crippen molar-refractivity contribution in [1.29, 1.82) is 0 Å². The van der Waals surface area contributed by atoms with E-state index in [1.807, 2.05) is 13.8 Å². The topological polar surface area (TPSA) is 66.4 Å². The zero-order valence-electron chi connectivity index (χ0n) is 13.2. The molecule has 4 nitrogen and oxygen atoms in total. The summed E-state index contributed by atoms with van der Waals surface area (Å²) in [5.41, 5.74) is -0.175. The molecule has 0 aliphatic carbocycles. The van der Waals surface area contributed by atoms with E-state index < -0.39 is 15.6 Å². The quantitative estimate of drug-likeness (QED) is 0.868. The highest BCUT2D eigenvalue weighted by Crippen LogP contribution is 2.28. The summed E-state index contributed by atoms with van der Waals surface area (Å²) in [4.78, 5) is 0.109. The van der Waals surface area contributed by atoms with Gasteiger partial charge in [0, 0.05) is 10.6 Å². The number of rotatable bonds is 5. The molecule has 120 valence electrons. The minimum Gasteiger partial charge on any atom is -0.392 e. The Hall–Kier alpha value is -0.620. The third kappa shape index (κ3) is 5.58. The zero-order chi connectivity index (χ0) is 16.5. The van der Waals surface area contributed by atoms with E-state index >= 15 is 0 Å². The molecule has 0 heterocycles. The summed E-state index contributed by atoms with van der Waals surface area (Å²) >= 11 is 5.89. The molecule has 0 radical (unpaired) electrons. The van der Waals surface area contributed by atoms with Gasteiger partial charge < -0.3 is 5.11 Å². The van der Waals surface area contributed by atoms with Crippen molar-refractivity contribution < 1.29 is 13.5 Å². The van der Waals surface area contributed by atoms with Crippen LogP contribution in [0.15, 0.2) is 23.1 Å². The van der Waals surface area contributed by atoms with E-state index in [0.29, 0.717) is 17.0 Å². The van der Waals surface area contributed by atoms with Crippen molar-refractivity contribution in [3.63, 3.8) is 0 Å². The third-order valence-electron chi connectivity index (χ3n) is 2.88. The molecule has 0 aromatic heterocycles. The molecule has 1 aromatic carbocycles. The lowest BCUT2D eigenvalue weighted by Crippen LogP contribution is -2.45. The van der Waals surface area contributed by atoms with E-state index in [4.69, 9.17) is 11.6 Å². The van der Waals surface area contributed by atoms with Gasteiger partial charge in [-0.1, -0.05) is 32.4 Å². The van der Waals surface area contributed by atoms with E-state index in [1.165, 1.54) is 18.2 Å². The summed E-state index contributed by atoms with van der Waals surface area (Å²) in [7, 11) is -3.66. The van der Waals surface area contributed by atoms with Gasteiger partial charge in [0.1, 0.15) is 0 Å². The van der Waals surface area contributed by atoms with Crippen molar-refractivity contribution in [3.05, 3.63) is 28.8 Å². The van der Waals surface area contributed by atoms with Crippen LogP contribution >= 0.6 is 11.6 Å². The Morgan fingerprint density at radius 2 is 1.76 bits per heavy atom. The number of benzene rings is 1. The van der Waals surface area contributed by atoms with Gasteiger partial charge in [0.2, 0.25) is 10.0 Å². The van der Waals surface area contributed by atoms with Gasteiger partial charge in [-0.2, -0.15) is 0 Å². The molecule has 1 aromatic rings. The fourth-order valence-corrected chi connectivity index (χ4v) is 4.26. The van der Waals surface area contributed by atoms with E-state index in [2.05, 4.69) is 25.5 Å². The van der Waals surface area contributed by atoms with Gasteiger partial charge in [0.05, 0.1) is 11.5 Å². The summed E-state index contributed by atoms with van der Waals surface area (Å²) in [6.45, 7) is 9.62. The lowest BCUT2D eigenvalue weighted by molar-refractivity contribution is 0.269. The normalized spacial score (nSPS) is 13.5. The number of hydrogen-bond donors (Lipinski definition) is 2. The summed E-state index contributed by atoms with van der Waals surface area (Å²) in [6.07, 6.45) is 0.694. The molecule has 0 saturated carbocycles. The first kappa shape index (κ1) is 18.4. The average Bonchev–Trinajstić information content (AvgIpc) is 2.24. The molecule has 0 saturated heterocycles. The van der Waals surface area contributed by atoms with Crippen molar-refractivity contribution in [2.45, 2.75) is 58.1 Å². The summed E-state index contributed by atoms with van der Waals surface area (Å²) in [5.74, 6) is 0. The van der Waals surface area contributed by atoms with Gasteiger partial charge in [-0.05, 0) is 49.4 Å². The molecule has 21 heavy (non-hydrogen) atoms. The second-order valence-electron chi connectivity index (χ2n) is 7.14. The minimum absolute atomic E-state index is 0.00226. The molecule has 0 unspecified atom stereocenters. The van der Waals surface area contributed by atoms with Crippen LogP contribution in [0.25, 0.3) is 0 Å². The summed E-state index contributed by atoms with van der Waals surface area (Å²) < 4.78 is 27.7. The Labute approximate surface area is 132 Å². The molecule has 0 fully saturated rings. The van der Waals surface area contributed by atoms with Crippen molar-refractivity contribution in [2.75, 3.05) is 0 Å². The van der Waals surface area contributed by atoms with Crippen LogP contribution < -0.4 is 4.72 Å². The largest absolute Gasteiger partial charge is 0.392 e. The smallest absolute Gasteiger partial charge is 0.241 e. The van der Waals surface area contributed by atoms with E-state index in [9.17, 15) is 13.5 Å². The van der Waals surface area contributed by atoms with E-state index in [-0.39, 0.29) is 16.9 Å². The Bertz CT molecular complexity index is 604. The van der Waals surface area contributed by atoms with Crippen LogP contribution in [0.3, 0.4) is 0 Å². The highest BCUT2D eigenvalue weighted by atomic mass is 35.5. The predicted molar refractivity (Wildman–Crippen MR) is 85.8 cm³/mol. The van der Waals surface area contributed by atoms with Gasteiger partial charge >= 0.3 is 0 Å². The van der Waals surface area contributed by atoms with E-state index in [0.717, 1.165) is 0 Å². The maximum atomic E-state index is 12.5. The van der Waals surface area contributed by atoms with Crippen LogP contribution in [0, 0.1) is 5.41 Å². The highest BCUT2D eigenvalue weighted by molar-refractivity contribution is 7.89. The maximum absolute atomic E-state index is 12.5. The van der Waals surface area contributed by atoms with Gasteiger partial charge in [-0.25, -0.2) is 13.1 Å². The van der Waals surface area contributed by atoms with Gasteiger partial charge in [-0.3, -0.25) is 0 Å². The van der Waals surface area contributed by atoms with Crippen molar-refractivity contribution >= 4 is 21.6 Å². The maximum Gasteiger partial charge on any atom is 0.241 e. The molecule has 0 aliphatic rings. The van der Waals surface area contributed by atoms with Crippen LogP contribution in [-0.2, 0) is 16.6 Å². The molecule has 0 spiro atoms. The predicted octanol–water partition coefficient (Wildman–Crippen LogP) is 3.33. The highest BCUT2D eigenvalue weighted by Gasteiger charge is 2.30. The first-order valence-corrected chi connectivity index (χ1v) is 8.66. The molecule has 1 rings (SSSR count). The van der Waals surface area contributed by atoms with Crippen LogP contribution in [0.2, 0.25) is 5.02 Å². The molecule has 2 N–H and O–H groups in total. The molecule has 0 amide bonds. The average molecular weight is 334 g/mol. The molecular formula is C15H24ClNO3S. The Morgan fingerprint density at radius 3 is 2.24 bits per heavy atom. The van der Waals surface area contributed by atoms with Gasteiger partial charge in [-0.15, -0.1) is 0 Å². The molecule has 0 bridgehead atoms. The fraction of sp³-hybridized carbons (Fsp3) is 0.600. The van der Waals surface area contributed by atoms with Gasteiger partial charge in [0.15, 0.2) is 0 Å². The van der Waals surface area contributed by atoms with Crippen LogP contribution in [-0.4, -0.2) is 19.1 Å². The lowest BCUT2D eigenvalue weighted by Gasteiger charge is -2.33. The molecular weight excluding hydrogens is 310 g/mol.